The molecule has 37 heavy (non-hydrogen) atoms. The van der Waals surface area contributed by atoms with Gasteiger partial charge in [-0.1, -0.05) is 4.36 Å². The predicted molar refractivity (Wildman–Crippen MR) is 141 cm³/mol. The molecule has 0 amide bonds. The van der Waals surface area contributed by atoms with Crippen LogP contribution in [0.2, 0.25) is 0 Å². The van der Waals surface area contributed by atoms with Crippen LogP contribution < -0.4 is 31.0 Å². The number of rotatable bonds is 8. The van der Waals surface area contributed by atoms with Crippen molar-refractivity contribution in [3.63, 3.8) is 0 Å². The van der Waals surface area contributed by atoms with Gasteiger partial charge in [-0.25, -0.2) is 9.98 Å². The topological polar surface area (TPSA) is 189 Å². The fourth-order valence-corrected chi connectivity index (χ4v) is 3.49. The Kier molecular flexibility index (Phi) is 8.94. The van der Waals surface area contributed by atoms with E-state index in [1.54, 1.807) is 58.7 Å². The van der Waals surface area contributed by atoms with Crippen molar-refractivity contribution in [2.75, 3.05) is 32.4 Å². The lowest BCUT2D eigenvalue weighted by Gasteiger charge is -2.14. The monoisotopic (exact) mass is 526 g/mol. The molecule has 3 aromatic rings. The second-order valence-electron chi connectivity index (χ2n) is 7.44. The van der Waals surface area contributed by atoms with E-state index in [1.165, 1.54) is 0 Å². The van der Waals surface area contributed by atoms with Gasteiger partial charge >= 0.3 is 10.5 Å². The fourth-order valence-electron chi connectivity index (χ4n) is 3.29. The van der Waals surface area contributed by atoms with E-state index >= 15 is 0 Å². The molecule has 0 aliphatic rings. The highest BCUT2D eigenvalue weighted by Crippen LogP contribution is 2.38. The van der Waals surface area contributed by atoms with E-state index in [0.29, 0.717) is 52.3 Å². The van der Waals surface area contributed by atoms with Crippen LogP contribution in [0.1, 0.15) is 18.1 Å². The summed E-state index contributed by atoms with van der Waals surface area (Å²) < 4.78 is 40.4. The van der Waals surface area contributed by atoms with Gasteiger partial charge in [-0.3, -0.25) is 0 Å². The highest BCUT2D eigenvalue weighted by molar-refractivity contribution is 7.62. The number of nitrogen functional groups attached to an aromatic ring is 1. The number of nitrogens with two attached hydrogens (primary N) is 2. The van der Waals surface area contributed by atoms with Crippen molar-refractivity contribution in [3.05, 3.63) is 53.7 Å². The Morgan fingerprint density at radius 1 is 1.03 bits per heavy atom. The van der Waals surface area contributed by atoms with Crippen molar-refractivity contribution >= 4 is 45.4 Å². The Morgan fingerprint density at radius 2 is 1.68 bits per heavy atom. The van der Waals surface area contributed by atoms with Gasteiger partial charge in [0.1, 0.15) is 11.7 Å². The van der Waals surface area contributed by atoms with Crippen LogP contribution in [0.4, 0.5) is 23.1 Å². The van der Waals surface area contributed by atoms with Crippen LogP contribution >= 0.6 is 0 Å². The van der Waals surface area contributed by atoms with Crippen molar-refractivity contribution in [1.82, 2.24) is 9.97 Å². The zero-order valence-corrected chi connectivity index (χ0v) is 21.4. The summed E-state index contributed by atoms with van der Waals surface area (Å²) in [4.78, 5) is 16.9. The minimum atomic E-state index is -2.66. The number of amidine groups is 1. The minimum Gasteiger partial charge on any atom is -0.493 e. The first kappa shape index (κ1) is 26.9. The van der Waals surface area contributed by atoms with Gasteiger partial charge in [0.2, 0.25) is 11.7 Å². The van der Waals surface area contributed by atoms with Crippen LogP contribution in [-0.4, -0.2) is 51.5 Å². The van der Waals surface area contributed by atoms with Gasteiger partial charge in [-0.05, 0) is 48.9 Å². The second-order valence-corrected chi connectivity index (χ2v) is 8.06. The quantitative estimate of drug-likeness (QED) is 0.291. The van der Waals surface area contributed by atoms with Gasteiger partial charge in [0.15, 0.2) is 11.5 Å². The molecule has 14 heteroatoms. The molecule has 0 aliphatic heterocycles. The van der Waals surface area contributed by atoms with Gasteiger partial charge in [-0.2, -0.15) is 18.4 Å². The molecule has 0 aliphatic carbocycles. The van der Waals surface area contributed by atoms with Gasteiger partial charge < -0.3 is 31.0 Å². The summed E-state index contributed by atoms with van der Waals surface area (Å²) in [5.74, 6) is 2.22. The summed E-state index contributed by atoms with van der Waals surface area (Å²) in [6.07, 6.45) is 2.07. The molecular formula is C23H26N8O5S. The highest BCUT2D eigenvalue weighted by Gasteiger charge is 2.15. The Bertz CT molecular complexity index is 1440. The van der Waals surface area contributed by atoms with E-state index < -0.39 is 10.5 Å². The third-order valence-electron chi connectivity index (χ3n) is 4.88. The molecule has 0 unspecified atom stereocenters. The molecule has 1 heterocycles. The van der Waals surface area contributed by atoms with Crippen molar-refractivity contribution in [2.24, 2.45) is 20.1 Å². The summed E-state index contributed by atoms with van der Waals surface area (Å²) in [6, 6.07) is 10.4. The largest absolute Gasteiger partial charge is 0.493 e. The van der Waals surface area contributed by atoms with E-state index in [9.17, 15) is 8.42 Å². The molecule has 3 rings (SSSR count). The van der Waals surface area contributed by atoms with Crippen LogP contribution in [0.25, 0.3) is 0 Å². The maximum absolute atomic E-state index is 10.5. The number of guanidine groups is 1. The van der Waals surface area contributed by atoms with E-state index in [1.807, 2.05) is 12.1 Å². The van der Waals surface area contributed by atoms with Crippen molar-refractivity contribution in [3.8, 4) is 17.2 Å². The molecule has 0 spiro atoms. The summed E-state index contributed by atoms with van der Waals surface area (Å²) >= 11 is 0. The van der Waals surface area contributed by atoms with E-state index in [0.717, 1.165) is 5.56 Å². The normalized spacial score (nSPS) is 11.6. The number of aromatic nitrogens is 2. The van der Waals surface area contributed by atoms with Crippen LogP contribution in [0.15, 0.2) is 56.9 Å². The summed E-state index contributed by atoms with van der Waals surface area (Å²) in [6.45, 7) is 1.75. The average Bonchev–Trinajstić information content (AvgIpc) is 2.85. The summed E-state index contributed by atoms with van der Waals surface area (Å²) in [7, 11) is 1.99. The number of benzene rings is 2. The molecule has 0 saturated carbocycles. The predicted octanol–water partition coefficient (Wildman–Crippen LogP) is 2.85. The van der Waals surface area contributed by atoms with Gasteiger partial charge in [0.25, 0.3) is 5.95 Å². The van der Waals surface area contributed by atoms with E-state index in [4.69, 9.17) is 25.7 Å². The maximum atomic E-state index is 10.5. The molecule has 5 N–H and O–H groups in total. The van der Waals surface area contributed by atoms with E-state index in [-0.39, 0.29) is 11.9 Å². The molecule has 0 bridgehead atoms. The Morgan fingerprint density at radius 3 is 2.22 bits per heavy atom. The van der Waals surface area contributed by atoms with E-state index in [2.05, 4.69) is 29.6 Å². The first-order chi connectivity index (χ1) is 17.7. The van der Waals surface area contributed by atoms with Crippen LogP contribution in [0.5, 0.6) is 17.2 Å². The fraction of sp³-hybridized carbons (Fsp3) is 0.217. The van der Waals surface area contributed by atoms with Gasteiger partial charge in [0, 0.05) is 23.9 Å². The Hall–Kier alpha value is -4.72. The highest BCUT2D eigenvalue weighted by atomic mass is 32.2. The molecule has 1 aromatic heterocycles. The number of hydrogen-bond donors (Lipinski definition) is 3. The molecule has 0 atom stereocenters. The van der Waals surface area contributed by atoms with Gasteiger partial charge in [-0.15, -0.1) is 0 Å². The molecule has 0 fully saturated rings. The van der Waals surface area contributed by atoms with Crippen LogP contribution in [-0.2, 0) is 16.9 Å². The van der Waals surface area contributed by atoms with Crippen LogP contribution in [0.3, 0.4) is 0 Å². The molecular weight excluding hydrogens is 500 g/mol. The zero-order valence-electron chi connectivity index (χ0n) is 20.6. The van der Waals surface area contributed by atoms with Crippen LogP contribution in [0, 0.1) is 0 Å². The Balaban J connectivity index is 1.73. The number of nitrogens with one attached hydrogen (secondary N) is 1. The number of anilines is 2. The third kappa shape index (κ3) is 7.38. The zero-order chi connectivity index (χ0) is 26.9. The summed E-state index contributed by atoms with van der Waals surface area (Å²) in [5, 5.41) is 3.10. The Labute approximate surface area is 214 Å². The number of nitrogens with zero attached hydrogens (tertiary/aromatic N) is 5. The molecule has 2 aromatic carbocycles. The molecule has 0 saturated heterocycles. The molecule has 194 valence electrons. The van der Waals surface area contributed by atoms with Crippen molar-refractivity contribution in [2.45, 2.75) is 13.3 Å². The number of ether oxygens (including phenoxy) is 3. The molecule has 13 nitrogen and oxygen atoms in total. The third-order valence-corrected chi connectivity index (χ3v) is 5.21. The van der Waals surface area contributed by atoms with Gasteiger partial charge in [0.05, 0.1) is 27.0 Å². The SMILES string of the molecule is COc1cc(Cc2cnc(N=C(C)Nc3ccc(N=C(N)N=S(=O)=O)cc3)nc2N)cc(OC)c1OC. The lowest BCUT2D eigenvalue weighted by molar-refractivity contribution is 0.324. The second kappa shape index (κ2) is 12.3. The molecule has 0 radical (unpaired) electrons. The number of hydrogen-bond acceptors (Lipinski definition) is 10. The number of methoxy groups -OCH3 is 3. The first-order valence-corrected chi connectivity index (χ1v) is 11.7. The van der Waals surface area contributed by atoms with Crippen molar-refractivity contribution < 1.29 is 22.6 Å². The first-order valence-electron chi connectivity index (χ1n) is 10.7. The number of aliphatic imine (C=N–C) groups is 2. The lowest BCUT2D eigenvalue weighted by atomic mass is 10.1. The standard InChI is InChI=1S/C23H26N8O5S/c1-13(27-16-5-7-17(8-6-16)29-22(25)31-37(32)33)28-23-26-12-15(21(24)30-23)9-14-10-18(34-2)20(36-4)19(11-14)35-3/h5-8,10-12H,9H2,1-4H3,(H2,25,29)(H3,24,26,27,28,30). The lowest BCUT2D eigenvalue weighted by Crippen LogP contribution is -2.08. The summed E-state index contributed by atoms with van der Waals surface area (Å²) in [5.41, 5.74) is 14.3. The smallest absolute Gasteiger partial charge is 0.319 e. The van der Waals surface area contributed by atoms with Crippen molar-refractivity contribution in [1.29, 1.82) is 0 Å². The average molecular weight is 527 g/mol. The maximum Gasteiger partial charge on any atom is 0.319 e. The minimum absolute atomic E-state index is 0.192.